The maximum Gasteiger partial charge on any atom is 0.244 e. The fourth-order valence-corrected chi connectivity index (χ4v) is 3.65. The van der Waals surface area contributed by atoms with Gasteiger partial charge in [-0.15, -0.1) is 12.4 Å². The summed E-state index contributed by atoms with van der Waals surface area (Å²) in [7, 11) is -1.91. The van der Waals surface area contributed by atoms with E-state index in [0.29, 0.717) is 18.8 Å². The molecule has 1 aromatic heterocycles. The Morgan fingerprint density at radius 1 is 1.55 bits per heavy atom. The summed E-state index contributed by atoms with van der Waals surface area (Å²) >= 11 is 0. The first-order valence-corrected chi connectivity index (χ1v) is 7.71. The molecule has 3 N–H and O–H groups in total. The average molecular weight is 325 g/mol. The molecule has 0 bridgehead atoms. The van der Waals surface area contributed by atoms with Crippen molar-refractivity contribution in [2.45, 2.75) is 30.2 Å². The third kappa shape index (κ3) is 3.70. The van der Waals surface area contributed by atoms with Crippen LogP contribution in [0, 0.1) is 6.92 Å². The lowest BCUT2D eigenvalue weighted by molar-refractivity contribution is 0.122. The summed E-state index contributed by atoms with van der Waals surface area (Å²) < 4.78 is 32.2. The largest absolute Gasteiger partial charge is 0.383 e. The molecule has 20 heavy (non-hydrogen) atoms. The molecule has 1 saturated heterocycles. The minimum atomic E-state index is -3.53. The van der Waals surface area contributed by atoms with Crippen molar-refractivity contribution in [2.75, 3.05) is 26.8 Å². The fourth-order valence-electron chi connectivity index (χ4n) is 2.39. The van der Waals surface area contributed by atoms with E-state index >= 15 is 0 Å². The van der Waals surface area contributed by atoms with E-state index in [1.165, 1.54) is 6.20 Å². The van der Waals surface area contributed by atoms with Crippen molar-refractivity contribution in [3.8, 4) is 0 Å². The van der Waals surface area contributed by atoms with Gasteiger partial charge in [-0.3, -0.25) is 5.10 Å². The monoisotopic (exact) mass is 324 g/mol. The molecule has 116 valence electrons. The fraction of sp³-hybridized carbons (Fsp3) is 0.727. The number of methoxy groups -OCH3 is 1. The molecule has 7 nitrogen and oxygen atoms in total. The molecule has 1 aromatic rings. The van der Waals surface area contributed by atoms with Crippen LogP contribution in [-0.2, 0) is 14.8 Å². The second kappa shape index (κ2) is 6.86. The highest BCUT2D eigenvalue weighted by Crippen LogP contribution is 2.20. The Morgan fingerprint density at radius 3 is 2.80 bits per heavy atom. The van der Waals surface area contributed by atoms with Crippen LogP contribution in [-0.4, -0.2) is 51.0 Å². The van der Waals surface area contributed by atoms with Gasteiger partial charge < -0.3 is 10.1 Å². The molecule has 0 amide bonds. The van der Waals surface area contributed by atoms with E-state index in [1.54, 1.807) is 14.0 Å². The van der Waals surface area contributed by atoms with E-state index in [-0.39, 0.29) is 22.8 Å². The van der Waals surface area contributed by atoms with E-state index in [1.807, 2.05) is 0 Å². The Kier molecular flexibility index (Phi) is 5.96. The topological polar surface area (TPSA) is 96.1 Å². The van der Waals surface area contributed by atoms with Crippen LogP contribution in [0.15, 0.2) is 11.1 Å². The number of nitrogens with zero attached hydrogens (tertiary/aromatic N) is 1. The number of rotatable bonds is 6. The van der Waals surface area contributed by atoms with E-state index in [9.17, 15) is 8.42 Å². The second-order valence-corrected chi connectivity index (χ2v) is 6.66. The molecule has 1 aliphatic rings. The van der Waals surface area contributed by atoms with Gasteiger partial charge in [0.05, 0.1) is 24.0 Å². The predicted molar refractivity (Wildman–Crippen MR) is 77.6 cm³/mol. The molecule has 1 atom stereocenters. The molecular weight excluding hydrogens is 304 g/mol. The van der Waals surface area contributed by atoms with E-state index < -0.39 is 10.0 Å². The number of H-pyrrole nitrogens is 1. The van der Waals surface area contributed by atoms with E-state index in [0.717, 1.165) is 19.4 Å². The zero-order valence-corrected chi connectivity index (χ0v) is 13.2. The van der Waals surface area contributed by atoms with Crippen LogP contribution < -0.4 is 10.0 Å². The summed E-state index contributed by atoms with van der Waals surface area (Å²) in [5.41, 5.74) is 0.229. The van der Waals surface area contributed by atoms with Crippen LogP contribution in [0.3, 0.4) is 0 Å². The van der Waals surface area contributed by atoms with Crippen molar-refractivity contribution in [1.29, 1.82) is 0 Å². The molecule has 1 aliphatic heterocycles. The minimum absolute atomic E-state index is 0. The first-order chi connectivity index (χ1) is 8.99. The average Bonchev–Trinajstić information content (AvgIpc) is 2.97. The quantitative estimate of drug-likeness (QED) is 0.694. The molecule has 1 unspecified atom stereocenters. The van der Waals surface area contributed by atoms with Gasteiger partial charge in [0.2, 0.25) is 10.0 Å². The van der Waals surface area contributed by atoms with Crippen molar-refractivity contribution in [3.05, 3.63) is 11.9 Å². The van der Waals surface area contributed by atoms with Crippen molar-refractivity contribution in [3.63, 3.8) is 0 Å². The Balaban J connectivity index is 0.00000200. The van der Waals surface area contributed by atoms with Gasteiger partial charge in [0, 0.05) is 13.7 Å². The van der Waals surface area contributed by atoms with Gasteiger partial charge in [0.1, 0.15) is 4.90 Å². The summed E-state index contributed by atoms with van der Waals surface area (Å²) in [4.78, 5) is 0.193. The smallest absolute Gasteiger partial charge is 0.244 e. The summed E-state index contributed by atoms with van der Waals surface area (Å²) in [6, 6.07) is 0. The maximum atomic E-state index is 12.2. The normalized spacial score (nSPS) is 22.7. The zero-order chi connectivity index (χ0) is 13.9. The molecule has 1 fully saturated rings. The van der Waals surface area contributed by atoms with Crippen molar-refractivity contribution in [2.24, 2.45) is 0 Å². The summed E-state index contributed by atoms with van der Waals surface area (Å²) in [5, 5.41) is 9.69. The number of aryl methyl sites for hydroxylation is 1. The SMILES string of the molecule is COCC1(CNS(=O)(=O)c2cn[nH]c2C)CCCN1.Cl. The van der Waals surface area contributed by atoms with Crippen LogP contribution in [0.4, 0.5) is 0 Å². The number of ether oxygens (including phenoxy) is 1. The highest BCUT2D eigenvalue weighted by molar-refractivity contribution is 7.89. The molecule has 0 spiro atoms. The van der Waals surface area contributed by atoms with Crippen molar-refractivity contribution < 1.29 is 13.2 Å². The molecule has 0 radical (unpaired) electrons. The number of hydrogen-bond donors (Lipinski definition) is 3. The Labute approximate surface area is 125 Å². The number of halogens is 1. The van der Waals surface area contributed by atoms with Gasteiger partial charge in [-0.2, -0.15) is 5.10 Å². The Hall–Kier alpha value is -0.670. The molecule has 0 aliphatic carbocycles. The number of hydrogen-bond acceptors (Lipinski definition) is 5. The van der Waals surface area contributed by atoms with Gasteiger partial charge in [-0.25, -0.2) is 13.1 Å². The second-order valence-electron chi connectivity index (χ2n) is 4.93. The molecular formula is C11H21ClN4O3S. The highest BCUT2D eigenvalue weighted by atomic mass is 35.5. The Morgan fingerprint density at radius 2 is 2.30 bits per heavy atom. The van der Waals surface area contributed by atoms with Gasteiger partial charge in [-0.1, -0.05) is 0 Å². The zero-order valence-electron chi connectivity index (χ0n) is 11.6. The molecule has 2 rings (SSSR count). The summed E-state index contributed by atoms with van der Waals surface area (Å²) in [5.74, 6) is 0. The number of nitrogens with one attached hydrogen (secondary N) is 3. The van der Waals surface area contributed by atoms with Gasteiger partial charge in [0.15, 0.2) is 0 Å². The van der Waals surface area contributed by atoms with Crippen LogP contribution in [0.1, 0.15) is 18.5 Å². The maximum absolute atomic E-state index is 12.2. The van der Waals surface area contributed by atoms with Crippen molar-refractivity contribution >= 4 is 22.4 Å². The summed E-state index contributed by atoms with van der Waals surface area (Å²) in [6.07, 6.45) is 3.24. The molecule has 9 heteroatoms. The lowest BCUT2D eigenvalue weighted by Crippen LogP contribution is -2.52. The van der Waals surface area contributed by atoms with Gasteiger partial charge in [-0.05, 0) is 26.3 Å². The minimum Gasteiger partial charge on any atom is -0.383 e. The van der Waals surface area contributed by atoms with Crippen LogP contribution in [0.25, 0.3) is 0 Å². The van der Waals surface area contributed by atoms with Crippen LogP contribution >= 0.6 is 12.4 Å². The predicted octanol–water partition coefficient (Wildman–Crippen LogP) is 0.187. The van der Waals surface area contributed by atoms with E-state index in [2.05, 4.69) is 20.2 Å². The first kappa shape index (κ1) is 17.4. The molecule has 0 saturated carbocycles. The van der Waals surface area contributed by atoms with Gasteiger partial charge in [0.25, 0.3) is 0 Å². The number of aromatic amines is 1. The summed E-state index contributed by atoms with van der Waals surface area (Å²) in [6.45, 7) is 3.36. The third-order valence-electron chi connectivity index (χ3n) is 3.43. The van der Waals surface area contributed by atoms with Crippen LogP contribution in [0.5, 0.6) is 0 Å². The molecule has 0 aromatic carbocycles. The Bertz CT molecular complexity index is 526. The lowest BCUT2D eigenvalue weighted by Gasteiger charge is -2.28. The lowest BCUT2D eigenvalue weighted by atomic mass is 9.99. The van der Waals surface area contributed by atoms with Crippen LogP contribution in [0.2, 0.25) is 0 Å². The molecule has 2 heterocycles. The first-order valence-electron chi connectivity index (χ1n) is 6.23. The van der Waals surface area contributed by atoms with Crippen molar-refractivity contribution in [1.82, 2.24) is 20.2 Å². The number of aromatic nitrogens is 2. The number of sulfonamides is 1. The third-order valence-corrected chi connectivity index (χ3v) is 4.94. The highest BCUT2D eigenvalue weighted by Gasteiger charge is 2.35. The van der Waals surface area contributed by atoms with Gasteiger partial charge >= 0.3 is 0 Å². The standard InChI is InChI=1S/C11H20N4O3S.ClH/c1-9-10(6-13-15-9)19(16,17)14-7-11(8-18-2)4-3-5-12-11;/h6,12,14H,3-5,7-8H2,1-2H3,(H,13,15);1H. The van der Waals surface area contributed by atoms with E-state index in [4.69, 9.17) is 4.74 Å².